The predicted octanol–water partition coefficient (Wildman–Crippen LogP) is 1.31. The molecule has 1 aliphatic rings. The van der Waals surface area contributed by atoms with E-state index in [0.29, 0.717) is 6.61 Å². The first-order valence-corrected chi connectivity index (χ1v) is 7.19. The van der Waals surface area contributed by atoms with Gasteiger partial charge in [0, 0.05) is 18.1 Å². The second kappa shape index (κ2) is 4.57. The molecule has 0 heterocycles. The number of ether oxygens (including phenoxy) is 1. The third-order valence-electron chi connectivity index (χ3n) is 3.01. The molecule has 0 radical (unpaired) electrons. The van der Waals surface area contributed by atoms with Gasteiger partial charge in [0.2, 0.25) is 10.0 Å². The molecule has 1 saturated carbocycles. The van der Waals surface area contributed by atoms with Crippen molar-refractivity contribution in [1.82, 2.24) is 4.72 Å². The van der Waals surface area contributed by atoms with Crippen LogP contribution in [0.1, 0.15) is 27.2 Å². The lowest BCUT2D eigenvalue weighted by Gasteiger charge is -2.51. The van der Waals surface area contributed by atoms with E-state index in [4.69, 9.17) is 16.3 Å². The van der Waals surface area contributed by atoms with Crippen LogP contribution < -0.4 is 4.72 Å². The summed E-state index contributed by atoms with van der Waals surface area (Å²) in [5.74, 6) is 0. The highest BCUT2D eigenvalue weighted by atomic mass is 35.5. The molecule has 0 aliphatic heterocycles. The molecule has 90 valence electrons. The van der Waals surface area contributed by atoms with Crippen molar-refractivity contribution in [2.24, 2.45) is 5.41 Å². The van der Waals surface area contributed by atoms with Crippen molar-refractivity contribution in [2.75, 3.05) is 11.8 Å². The molecule has 1 rings (SSSR count). The predicted molar refractivity (Wildman–Crippen MR) is 60.4 cm³/mol. The molecule has 0 aromatic carbocycles. The Kier molecular flexibility index (Phi) is 4.03. The highest BCUT2D eigenvalue weighted by molar-refractivity contribution is 7.90. The molecule has 2 unspecified atom stereocenters. The molecule has 0 aromatic rings. The maximum absolute atomic E-state index is 11.3. The first-order chi connectivity index (χ1) is 6.83. The van der Waals surface area contributed by atoms with Gasteiger partial charge in [-0.25, -0.2) is 13.1 Å². The number of nitrogens with one attached hydrogen (secondary N) is 1. The van der Waals surface area contributed by atoms with Crippen molar-refractivity contribution >= 4 is 21.6 Å². The Hall–Kier alpha value is 0.160. The van der Waals surface area contributed by atoms with Crippen LogP contribution in [0.15, 0.2) is 0 Å². The third kappa shape index (κ3) is 2.84. The summed E-state index contributed by atoms with van der Waals surface area (Å²) in [6.07, 6.45) is 0.849. The summed E-state index contributed by atoms with van der Waals surface area (Å²) in [7, 11) is -3.33. The minimum absolute atomic E-state index is 0.0715. The summed E-state index contributed by atoms with van der Waals surface area (Å²) < 4.78 is 30.6. The van der Waals surface area contributed by atoms with E-state index in [1.54, 1.807) is 0 Å². The number of rotatable bonds is 5. The van der Waals surface area contributed by atoms with Crippen LogP contribution >= 0.6 is 11.6 Å². The van der Waals surface area contributed by atoms with E-state index < -0.39 is 10.0 Å². The number of alkyl halides is 1. The van der Waals surface area contributed by atoms with Gasteiger partial charge in [-0.2, -0.15) is 0 Å². The van der Waals surface area contributed by atoms with Crippen LogP contribution in [-0.2, 0) is 14.8 Å². The van der Waals surface area contributed by atoms with Crippen molar-refractivity contribution in [3.63, 3.8) is 0 Å². The lowest BCUT2D eigenvalue weighted by Crippen LogP contribution is -2.62. The Morgan fingerprint density at radius 1 is 1.53 bits per heavy atom. The lowest BCUT2D eigenvalue weighted by molar-refractivity contribution is -0.108. The highest BCUT2D eigenvalue weighted by Crippen LogP contribution is 2.43. The van der Waals surface area contributed by atoms with E-state index in [2.05, 4.69) is 4.72 Å². The average Bonchev–Trinajstić information content (AvgIpc) is 2.16. The Labute approximate surface area is 96.4 Å². The standard InChI is InChI=1S/C9H18ClNO3S/c1-4-14-8-5-7(9(8,2)3)11-15(12,13)6-10/h7-8,11H,4-6H2,1-3H3. The van der Waals surface area contributed by atoms with Crippen molar-refractivity contribution in [1.29, 1.82) is 0 Å². The van der Waals surface area contributed by atoms with Gasteiger partial charge in [-0.3, -0.25) is 0 Å². The van der Waals surface area contributed by atoms with E-state index in [1.165, 1.54) is 0 Å². The fourth-order valence-electron chi connectivity index (χ4n) is 1.82. The molecule has 0 aromatic heterocycles. The zero-order valence-corrected chi connectivity index (χ0v) is 10.9. The second-order valence-electron chi connectivity index (χ2n) is 4.40. The smallest absolute Gasteiger partial charge is 0.225 e. The SMILES string of the molecule is CCOC1CC(NS(=O)(=O)CCl)C1(C)C. The van der Waals surface area contributed by atoms with E-state index in [1.807, 2.05) is 20.8 Å². The summed E-state index contributed by atoms with van der Waals surface area (Å²) in [5, 5.41) is -0.390. The van der Waals surface area contributed by atoms with Crippen molar-refractivity contribution in [3.8, 4) is 0 Å². The van der Waals surface area contributed by atoms with Crippen LogP contribution in [0.5, 0.6) is 0 Å². The normalized spacial score (nSPS) is 29.9. The molecule has 1 N–H and O–H groups in total. The molecule has 0 spiro atoms. The molecular formula is C9H18ClNO3S. The van der Waals surface area contributed by atoms with Gasteiger partial charge in [-0.05, 0) is 13.3 Å². The van der Waals surface area contributed by atoms with Gasteiger partial charge in [0.25, 0.3) is 0 Å². The van der Waals surface area contributed by atoms with Crippen LogP contribution in [0.3, 0.4) is 0 Å². The van der Waals surface area contributed by atoms with Gasteiger partial charge >= 0.3 is 0 Å². The maximum atomic E-state index is 11.3. The highest BCUT2D eigenvalue weighted by Gasteiger charge is 2.50. The zero-order chi connectivity index (χ0) is 11.7. The van der Waals surface area contributed by atoms with Gasteiger partial charge < -0.3 is 4.74 Å². The summed E-state index contributed by atoms with van der Waals surface area (Å²) >= 11 is 5.33. The van der Waals surface area contributed by atoms with Gasteiger partial charge in [0.1, 0.15) is 5.21 Å². The van der Waals surface area contributed by atoms with Crippen LogP contribution in [0.2, 0.25) is 0 Å². The summed E-state index contributed by atoms with van der Waals surface area (Å²) in [4.78, 5) is 0. The summed E-state index contributed by atoms with van der Waals surface area (Å²) in [6, 6.07) is -0.0715. The van der Waals surface area contributed by atoms with Gasteiger partial charge in [-0.1, -0.05) is 13.8 Å². The molecule has 1 fully saturated rings. The van der Waals surface area contributed by atoms with Gasteiger partial charge in [0.15, 0.2) is 0 Å². The monoisotopic (exact) mass is 255 g/mol. The Bertz CT molecular complexity index is 315. The largest absolute Gasteiger partial charge is 0.378 e. The molecule has 0 amide bonds. The molecular weight excluding hydrogens is 238 g/mol. The van der Waals surface area contributed by atoms with E-state index in [-0.39, 0.29) is 22.8 Å². The topological polar surface area (TPSA) is 55.4 Å². The van der Waals surface area contributed by atoms with E-state index in [0.717, 1.165) is 6.42 Å². The fourth-order valence-corrected chi connectivity index (χ4v) is 2.90. The van der Waals surface area contributed by atoms with E-state index in [9.17, 15) is 8.42 Å². The van der Waals surface area contributed by atoms with Crippen LogP contribution in [-0.4, -0.2) is 32.4 Å². The molecule has 2 atom stereocenters. The first kappa shape index (κ1) is 13.2. The zero-order valence-electron chi connectivity index (χ0n) is 9.29. The molecule has 4 nitrogen and oxygen atoms in total. The Morgan fingerprint density at radius 3 is 2.53 bits per heavy atom. The van der Waals surface area contributed by atoms with E-state index >= 15 is 0 Å². The maximum Gasteiger partial charge on any atom is 0.225 e. The van der Waals surface area contributed by atoms with Gasteiger partial charge in [-0.15, -0.1) is 11.6 Å². The average molecular weight is 256 g/mol. The lowest BCUT2D eigenvalue weighted by atomic mass is 9.65. The van der Waals surface area contributed by atoms with Crippen LogP contribution in [0, 0.1) is 5.41 Å². The number of hydrogen-bond acceptors (Lipinski definition) is 3. The third-order valence-corrected chi connectivity index (χ3v) is 4.80. The van der Waals surface area contributed by atoms with Crippen LogP contribution in [0.25, 0.3) is 0 Å². The van der Waals surface area contributed by atoms with Crippen molar-refractivity contribution < 1.29 is 13.2 Å². The van der Waals surface area contributed by atoms with Crippen molar-refractivity contribution in [2.45, 2.75) is 39.3 Å². The molecule has 0 bridgehead atoms. The number of sulfonamides is 1. The quantitative estimate of drug-likeness (QED) is 0.754. The molecule has 6 heteroatoms. The molecule has 15 heavy (non-hydrogen) atoms. The summed E-state index contributed by atoms with van der Waals surface area (Å²) in [6.45, 7) is 6.59. The second-order valence-corrected chi connectivity index (χ2v) is 6.73. The first-order valence-electron chi connectivity index (χ1n) is 5.01. The van der Waals surface area contributed by atoms with Gasteiger partial charge in [0.05, 0.1) is 6.10 Å². The Morgan fingerprint density at radius 2 is 2.13 bits per heavy atom. The number of hydrogen-bond donors (Lipinski definition) is 1. The van der Waals surface area contributed by atoms with Crippen molar-refractivity contribution in [3.05, 3.63) is 0 Å². The Balaban J connectivity index is 2.56. The number of halogens is 1. The fraction of sp³-hybridized carbons (Fsp3) is 1.00. The minimum atomic E-state index is -3.33. The summed E-state index contributed by atoms with van der Waals surface area (Å²) in [5.41, 5.74) is -0.158. The van der Waals surface area contributed by atoms with Crippen LogP contribution in [0.4, 0.5) is 0 Å². The molecule has 1 aliphatic carbocycles. The molecule has 0 saturated heterocycles. The minimum Gasteiger partial charge on any atom is -0.378 e.